The number of nitrogens with zero attached hydrogens (tertiary/aromatic N) is 1. The highest BCUT2D eigenvalue weighted by molar-refractivity contribution is 5.95. The van der Waals surface area contributed by atoms with E-state index in [1.54, 1.807) is 25.3 Å². The third kappa shape index (κ3) is 3.61. The van der Waals surface area contributed by atoms with Crippen LogP contribution in [0.4, 0.5) is 0 Å². The minimum atomic E-state index is -0.525. The number of hydrogen-bond acceptors (Lipinski definition) is 5. The van der Waals surface area contributed by atoms with Gasteiger partial charge in [-0.05, 0) is 37.8 Å². The molecule has 1 saturated carbocycles. The number of ether oxygens (including phenoxy) is 2. The highest BCUT2D eigenvalue weighted by Gasteiger charge is 2.28. The van der Waals surface area contributed by atoms with E-state index in [4.69, 9.17) is 9.47 Å². The van der Waals surface area contributed by atoms with Crippen LogP contribution in [0, 0.1) is 0 Å². The first-order chi connectivity index (χ1) is 10.2. The van der Waals surface area contributed by atoms with Crippen LogP contribution in [0.5, 0.6) is 5.88 Å². The molecule has 0 aliphatic heterocycles. The molecule has 0 aromatic carbocycles. The van der Waals surface area contributed by atoms with Crippen molar-refractivity contribution in [3.05, 3.63) is 30.0 Å². The van der Waals surface area contributed by atoms with Crippen LogP contribution in [-0.4, -0.2) is 34.9 Å². The van der Waals surface area contributed by atoms with Gasteiger partial charge in [0.25, 0.3) is 0 Å². The van der Waals surface area contributed by atoms with Crippen molar-refractivity contribution in [1.29, 1.82) is 0 Å². The molecule has 2 atom stereocenters. The number of rotatable bonds is 5. The minimum Gasteiger partial charge on any atom is -0.471 e. The summed E-state index contributed by atoms with van der Waals surface area (Å²) in [6.45, 7) is 5.71. The smallest absolute Gasteiger partial charge is 0.344 e. The summed E-state index contributed by atoms with van der Waals surface area (Å²) in [5, 5.41) is 10.0. The van der Waals surface area contributed by atoms with Crippen molar-refractivity contribution in [2.24, 2.45) is 0 Å². The van der Waals surface area contributed by atoms with E-state index in [9.17, 15) is 9.90 Å². The summed E-state index contributed by atoms with van der Waals surface area (Å²) in [5.41, 5.74) is 0.885. The summed E-state index contributed by atoms with van der Waals surface area (Å²) < 4.78 is 10.9. The molecule has 1 aliphatic carbocycles. The number of aliphatic hydroxyl groups excluding tert-OH is 1. The van der Waals surface area contributed by atoms with Gasteiger partial charge in [0.2, 0.25) is 5.88 Å². The fourth-order valence-corrected chi connectivity index (χ4v) is 2.48. The van der Waals surface area contributed by atoms with Crippen molar-refractivity contribution in [2.75, 3.05) is 6.61 Å². The monoisotopic (exact) mass is 291 g/mol. The Morgan fingerprint density at radius 3 is 2.95 bits per heavy atom. The molecule has 2 unspecified atom stereocenters. The highest BCUT2D eigenvalue weighted by Crippen LogP contribution is 2.27. The van der Waals surface area contributed by atoms with Gasteiger partial charge in [-0.2, -0.15) is 0 Å². The molecule has 0 saturated heterocycles. The Morgan fingerprint density at radius 2 is 2.29 bits per heavy atom. The van der Waals surface area contributed by atoms with Crippen LogP contribution < -0.4 is 4.74 Å². The lowest BCUT2D eigenvalue weighted by Crippen LogP contribution is -2.35. The molecule has 1 aromatic rings. The lowest BCUT2D eigenvalue weighted by Gasteiger charge is -2.28. The number of pyridine rings is 1. The van der Waals surface area contributed by atoms with E-state index in [1.807, 2.05) is 0 Å². The SMILES string of the molecule is C=Cc1ccnc(OC2CCCCC2O)c1C(=O)OCC. The van der Waals surface area contributed by atoms with E-state index in [2.05, 4.69) is 11.6 Å². The predicted octanol–water partition coefficient (Wildman–Crippen LogP) is 2.58. The molecule has 1 heterocycles. The van der Waals surface area contributed by atoms with Gasteiger partial charge < -0.3 is 14.6 Å². The molecule has 1 N–H and O–H groups in total. The average molecular weight is 291 g/mol. The average Bonchev–Trinajstić information content (AvgIpc) is 2.49. The van der Waals surface area contributed by atoms with Crippen molar-refractivity contribution < 1.29 is 19.4 Å². The zero-order valence-corrected chi connectivity index (χ0v) is 12.2. The standard InChI is InChI=1S/C16H21NO4/c1-3-11-9-10-17-15(14(11)16(19)20-4-2)21-13-8-6-5-7-12(13)18/h3,9-10,12-13,18H,1,4-8H2,2H3. The van der Waals surface area contributed by atoms with Gasteiger partial charge in [0.05, 0.1) is 12.7 Å². The van der Waals surface area contributed by atoms with Crippen LogP contribution in [0.1, 0.15) is 48.5 Å². The molecule has 114 valence electrons. The van der Waals surface area contributed by atoms with Gasteiger partial charge in [0, 0.05) is 6.20 Å². The van der Waals surface area contributed by atoms with Crippen molar-refractivity contribution in [3.8, 4) is 5.88 Å². The fraction of sp³-hybridized carbons (Fsp3) is 0.500. The summed E-state index contributed by atoms with van der Waals surface area (Å²) in [6.07, 6.45) is 5.72. The molecular weight excluding hydrogens is 270 g/mol. The highest BCUT2D eigenvalue weighted by atomic mass is 16.5. The topological polar surface area (TPSA) is 68.7 Å². The summed E-state index contributed by atoms with van der Waals surface area (Å²) in [6, 6.07) is 1.68. The quantitative estimate of drug-likeness (QED) is 0.844. The van der Waals surface area contributed by atoms with Crippen molar-refractivity contribution in [3.63, 3.8) is 0 Å². The van der Waals surface area contributed by atoms with Crippen molar-refractivity contribution in [2.45, 2.75) is 44.8 Å². The Bertz CT molecular complexity index is 515. The molecule has 1 fully saturated rings. The second kappa shape index (κ2) is 7.22. The Labute approximate surface area is 124 Å². The zero-order valence-electron chi connectivity index (χ0n) is 12.2. The Kier molecular flexibility index (Phi) is 5.33. The number of hydrogen-bond donors (Lipinski definition) is 1. The molecule has 0 spiro atoms. The van der Waals surface area contributed by atoms with Gasteiger partial charge in [-0.25, -0.2) is 9.78 Å². The van der Waals surface area contributed by atoms with E-state index >= 15 is 0 Å². The van der Waals surface area contributed by atoms with E-state index in [0.29, 0.717) is 12.0 Å². The van der Waals surface area contributed by atoms with Gasteiger partial charge >= 0.3 is 5.97 Å². The Balaban J connectivity index is 2.29. The molecule has 0 bridgehead atoms. The third-order valence-corrected chi connectivity index (χ3v) is 3.58. The maximum Gasteiger partial charge on any atom is 0.344 e. The molecule has 2 rings (SSSR count). The third-order valence-electron chi connectivity index (χ3n) is 3.58. The van der Waals surface area contributed by atoms with Gasteiger partial charge in [0.1, 0.15) is 11.7 Å². The molecule has 5 heteroatoms. The second-order valence-electron chi connectivity index (χ2n) is 5.01. The maximum atomic E-state index is 12.1. The lowest BCUT2D eigenvalue weighted by molar-refractivity contribution is 0.00327. The summed E-state index contributed by atoms with van der Waals surface area (Å²) >= 11 is 0. The van der Waals surface area contributed by atoms with E-state index < -0.39 is 12.1 Å². The first-order valence-electron chi connectivity index (χ1n) is 7.30. The van der Waals surface area contributed by atoms with Crippen LogP contribution in [0.3, 0.4) is 0 Å². The van der Waals surface area contributed by atoms with E-state index in [1.165, 1.54) is 0 Å². The lowest BCUT2D eigenvalue weighted by atomic mass is 9.95. The van der Waals surface area contributed by atoms with Crippen LogP contribution in [-0.2, 0) is 4.74 Å². The first kappa shape index (κ1) is 15.5. The minimum absolute atomic E-state index is 0.205. The van der Waals surface area contributed by atoms with Gasteiger partial charge in [-0.15, -0.1) is 0 Å². The molecular formula is C16H21NO4. The largest absolute Gasteiger partial charge is 0.471 e. The van der Waals surface area contributed by atoms with Gasteiger partial charge in [-0.3, -0.25) is 0 Å². The summed E-state index contributed by atoms with van der Waals surface area (Å²) in [5.74, 6) is -0.280. The molecule has 5 nitrogen and oxygen atoms in total. The van der Waals surface area contributed by atoms with Crippen LogP contribution >= 0.6 is 0 Å². The summed E-state index contributed by atoms with van der Waals surface area (Å²) in [7, 11) is 0. The Morgan fingerprint density at radius 1 is 1.52 bits per heavy atom. The number of aliphatic hydroxyl groups is 1. The van der Waals surface area contributed by atoms with E-state index in [0.717, 1.165) is 19.3 Å². The van der Waals surface area contributed by atoms with Crippen molar-refractivity contribution >= 4 is 12.0 Å². The van der Waals surface area contributed by atoms with Crippen LogP contribution in [0.25, 0.3) is 6.08 Å². The first-order valence-corrected chi connectivity index (χ1v) is 7.30. The van der Waals surface area contributed by atoms with Gasteiger partial charge in [-0.1, -0.05) is 19.1 Å². The van der Waals surface area contributed by atoms with E-state index in [-0.39, 0.29) is 24.2 Å². The second-order valence-corrected chi connectivity index (χ2v) is 5.01. The predicted molar refractivity (Wildman–Crippen MR) is 79.2 cm³/mol. The number of carbonyl (C=O) groups is 1. The molecule has 1 aliphatic rings. The molecule has 0 radical (unpaired) electrons. The maximum absolute atomic E-state index is 12.1. The zero-order chi connectivity index (χ0) is 15.2. The van der Waals surface area contributed by atoms with Gasteiger partial charge in [0.15, 0.2) is 0 Å². The Hall–Kier alpha value is -1.88. The molecule has 1 aromatic heterocycles. The van der Waals surface area contributed by atoms with Crippen molar-refractivity contribution in [1.82, 2.24) is 4.98 Å². The number of carbonyl (C=O) groups excluding carboxylic acids is 1. The normalized spacial score (nSPS) is 21.6. The fourth-order valence-electron chi connectivity index (χ4n) is 2.48. The molecule has 21 heavy (non-hydrogen) atoms. The molecule has 0 amide bonds. The van der Waals surface area contributed by atoms with Crippen LogP contribution in [0.15, 0.2) is 18.8 Å². The van der Waals surface area contributed by atoms with Crippen LogP contribution in [0.2, 0.25) is 0 Å². The summed E-state index contributed by atoms with van der Waals surface area (Å²) in [4.78, 5) is 16.3. The number of esters is 1. The number of aromatic nitrogens is 1.